The molecular formula is C21H23ClN6O2. The van der Waals surface area contributed by atoms with Crippen LogP contribution in [-0.4, -0.2) is 54.0 Å². The highest BCUT2D eigenvalue weighted by Crippen LogP contribution is 2.42. The Bertz CT molecular complexity index is 1120. The van der Waals surface area contributed by atoms with Crippen molar-refractivity contribution >= 4 is 34.1 Å². The van der Waals surface area contributed by atoms with E-state index in [0.29, 0.717) is 35.9 Å². The fourth-order valence-electron chi connectivity index (χ4n) is 3.99. The molecule has 9 heteroatoms. The first-order chi connectivity index (χ1) is 14.6. The number of aromatic nitrogens is 4. The van der Waals surface area contributed by atoms with E-state index in [1.165, 1.54) is 0 Å². The number of halogens is 1. The molecule has 30 heavy (non-hydrogen) atoms. The van der Waals surface area contributed by atoms with E-state index in [0.717, 1.165) is 41.1 Å². The van der Waals surface area contributed by atoms with Crippen LogP contribution in [0, 0.1) is 18.3 Å². The van der Waals surface area contributed by atoms with Crippen LogP contribution in [0.5, 0.6) is 0 Å². The van der Waals surface area contributed by atoms with Crippen molar-refractivity contribution in [3.8, 4) is 6.07 Å². The van der Waals surface area contributed by atoms with Crippen LogP contribution in [-0.2, 0) is 15.9 Å². The van der Waals surface area contributed by atoms with Gasteiger partial charge in [-0.3, -0.25) is 0 Å². The summed E-state index contributed by atoms with van der Waals surface area (Å²) in [6.45, 7) is 3.78. The largest absolute Gasteiger partial charge is 0.385 e. The van der Waals surface area contributed by atoms with Crippen molar-refractivity contribution in [2.24, 2.45) is 0 Å². The molecule has 1 unspecified atom stereocenters. The summed E-state index contributed by atoms with van der Waals surface area (Å²) < 4.78 is 12.6. The molecule has 156 valence electrons. The van der Waals surface area contributed by atoms with Gasteiger partial charge in [-0.15, -0.1) is 5.10 Å². The molecule has 0 bridgehead atoms. The van der Waals surface area contributed by atoms with E-state index in [1.54, 1.807) is 20.3 Å². The van der Waals surface area contributed by atoms with E-state index in [2.05, 4.69) is 21.3 Å². The quantitative estimate of drug-likeness (QED) is 0.570. The number of methoxy groups -OCH3 is 2. The molecule has 1 aliphatic rings. The van der Waals surface area contributed by atoms with E-state index in [1.807, 2.05) is 23.7 Å². The Kier molecular flexibility index (Phi) is 5.86. The normalized spacial score (nSPS) is 14.2. The van der Waals surface area contributed by atoms with Gasteiger partial charge < -0.3 is 14.4 Å². The standard InChI is InChI=1S/C21H23ClN6O2/c1-13-8-18-19(25-26-28(18)16(12-30-3)5-7-29-2)21(24-13)27-6-4-15-9-14(11-23)10-17(22)20(15)27/h8-10,16H,4-7,12H2,1-3H3. The van der Waals surface area contributed by atoms with Gasteiger partial charge in [0.05, 0.1) is 40.5 Å². The Morgan fingerprint density at radius 2 is 2.10 bits per heavy atom. The van der Waals surface area contributed by atoms with Crippen molar-refractivity contribution in [3.63, 3.8) is 0 Å². The van der Waals surface area contributed by atoms with Crippen LogP contribution in [0.2, 0.25) is 5.02 Å². The van der Waals surface area contributed by atoms with Crippen molar-refractivity contribution in [1.29, 1.82) is 5.26 Å². The monoisotopic (exact) mass is 426 g/mol. The lowest BCUT2D eigenvalue weighted by Crippen LogP contribution is -2.19. The molecule has 3 aromatic rings. The molecule has 2 aromatic heterocycles. The molecule has 1 atom stereocenters. The Balaban J connectivity index is 1.81. The molecule has 0 saturated carbocycles. The van der Waals surface area contributed by atoms with Gasteiger partial charge in [-0.1, -0.05) is 16.8 Å². The Labute approximate surface area is 180 Å². The summed E-state index contributed by atoms with van der Waals surface area (Å²) in [5.74, 6) is 0.726. The summed E-state index contributed by atoms with van der Waals surface area (Å²) in [6.07, 6.45) is 1.55. The summed E-state index contributed by atoms with van der Waals surface area (Å²) in [7, 11) is 3.36. The van der Waals surface area contributed by atoms with Crippen molar-refractivity contribution in [2.75, 3.05) is 38.9 Å². The number of nitriles is 1. The average Bonchev–Trinajstić information content (AvgIpc) is 3.35. The third-order valence-electron chi connectivity index (χ3n) is 5.33. The molecule has 1 aromatic carbocycles. The number of ether oxygens (including phenoxy) is 2. The van der Waals surface area contributed by atoms with Gasteiger partial charge in [0.25, 0.3) is 0 Å². The lowest BCUT2D eigenvalue weighted by molar-refractivity contribution is 0.117. The second kappa shape index (κ2) is 8.56. The number of hydrogen-bond donors (Lipinski definition) is 0. The molecule has 0 spiro atoms. The number of nitrogens with zero attached hydrogens (tertiary/aromatic N) is 6. The number of benzene rings is 1. The highest BCUT2D eigenvalue weighted by molar-refractivity contribution is 6.34. The van der Waals surface area contributed by atoms with Gasteiger partial charge in [0.15, 0.2) is 11.3 Å². The fraction of sp³-hybridized carbons (Fsp3) is 0.429. The fourth-order valence-corrected chi connectivity index (χ4v) is 4.34. The highest BCUT2D eigenvalue weighted by Gasteiger charge is 2.29. The van der Waals surface area contributed by atoms with Crippen molar-refractivity contribution in [3.05, 3.63) is 40.0 Å². The van der Waals surface area contributed by atoms with E-state index in [9.17, 15) is 5.26 Å². The summed E-state index contributed by atoms with van der Waals surface area (Å²) in [4.78, 5) is 6.85. The lowest BCUT2D eigenvalue weighted by Gasteiger charge is -2.21. The predicted molar refractivity (Wildman–Crippen MR) is 114 cm³/mol. The van der Waals surface area contributed by atoms with Crippen LogP contribution in [0.1, 0.15) is 29.3 Å². The van der Waals surface area contributed by atoms with Gasteiger partial charge in [0, 0.05) is 33.1 Å². The minimum absolute atomic E-state index is 0.00207. The van der Waals surface area contributed by atoms with Gasteiger partial charge in [0.2, 0.25) is 0 Å². The van der Waals surface area contributed by atoms with Crippen LogP contribution >= 0.6 is 11.6 Å². The number of fused-ring (bicyclic) bond motifs is 2. The number of rotatable bonds is 7. The summed E-state index contributed by atoms with van der Waals surface area (Å²) in [6, 6.07) is 7.75. The topological polar surface area (TPSA) is 89.1 Å². The van der Waals surface area contributed by atoms with Gasteiger partial charge in [-0.2, -0.15) is 5.26 Å². The van der Waals surface area contributed by atoms with Gasteiger partial charge >= 0.3 is 0 Å². The summed E-state index contributed by atoms with van der Waals surface area (Å²) in [5, 5.41) is 18.7. The third kappa shape index (κ3) is 3.60. The first kappa shape index (κ1) is 20.5. The maximum Gasteiger partial charge on any atom is 0.163 e. The smallest absolute Gasteiger partial charge is 0.163 e. The zero-order valence-electron chi connectivity index (χ0n) is 17.2. The molecule has 0 amide bonds. The van der Waals surface area contributed by atoms with Crippen LogP contribution < -0.4 is 4.90 Å². The van der Waals surface area contributed by atoms with Crippen molar-refractivity contribution < 1.29 is 9.47 Å². The first-order valence-corrected chi connectivity index (χ1v) is 10.2. The maximum absolute atomic E-state index is 9.24. The second-order valence-corrected chi connectivity index (χ2v) is 7.77. The van der Waals surface area contributed by atoms with E-state index in [4.69, 9.17) is 26.1 Å². The van der Waals surface area contributed by atoms with Crippen molar-refractivity contribution in [1.82, 2.24) is 20.0 Å². The molecule has 0 aliphatic carbocycles. The van der Waals surface area contributed by atoms with E-state index >= 15 is 0 Å². The summed E-state index contributed by atoms with van der Waals surface area (Å²) >= 11 is 6.55. The molecule has 0 N–H and O–H groups in total. The van der Waals surface area contributed by atoms with E-state index in [-0.39, 0.29) is 6.04 Å². The maximum atomic E-state index is 9.24. The van der Waals surface area contributed by atoms with Gasteiger partial charge in [-0.25, -0.2) is 9.67 Å². The minimum Gasteiger partial charge on any atom is -0.385 e. The predicted octanol–water partition coefficient (Wildman–Crippen LogP) is 3.58. The SMILES string of the molecule is COCCC(COC)n1nnc2c(N3CCc4cc(C#N)cc(Cl)c43)nc(C)cc21. The highest BCUT2D eigenvalue weighted by atomic mass is 35.5. The molecule has 0 radical (unpaired) electrons. The van der Waals surface area contributed by atoms with Crippen LogP contribution in [0.15, 0.2) is 18.2 Å². The Morgan fingerprint density at radius 3 is 2.83 bits per heavy atom. The zero-order chi connectivity index (χ0) is 21.3. The molecule has 0 saturated heterocycles. The second-order valence-electron chi connectivity index (χ2n) is 7.36. The first-order valence-electron chi connectivity index (χ1n) is 9.77. The molecule has 4 rings (SSSR count). The lowest BCUT2D eigenvalue weighted by atomic mass is 10.1. The zero-order valence-corrected chi connectivity index (χ0v) is 18.0. The van der Waals surface area contributed by atoms with Crippen LogP contribution in [0.25, 0.3) is 11.0 Å². The molecular weight excluding hydrogens is 404 g/mol. The van der Waals surface area contributed by atoms with E-state index < -0.39 is 0 Å². The third-order valence-corrected chi connectivity index (χ3v) is 5.62. The molecule has 3 heterocycles. The number of pyridine rings is 1. The number of aryl methyl sites for hydroxylation is 1. The molecule has 1 aliphatic heterocycles. The molecule has 8 nitrogen and oxygen atoms in total. The summed E-state index contributed by atoms with van der Waals surface area (Å²) in [5.41, 5.74) is 4.97. The number of hydrogen-bond acceptors (Lipinski definition) is 7. The minimum atomic E-state index is 0.00207. The van der Waals surface area contributed by atoms with Crippen LogP contribution in [0.3, 0.4) is 0 Å². The Hall–Kier alpha value is -2.73. The average molecular weight is 427 g/mol. The number of anilines is 2. The van der Waals surface area contributed by atoms with Gasteiger partial charge in [-0.05, 0) is 43.5 Å². The van der Waals surface area contributed by atoms with Crippen molar-refractivity contribution in [2.45, 2.75) is 25.8 Å². The molecule has 0 fully saturated rings. The Morgan fingerprint density at radius 1 is 1.27 bits per heavy atom. The van der Waals surface area contributed by atoms with Gasteiger partial charge in [0.1, 0.15) is 0 Å². The van der Waals surface area contributed by atoms with Crippen LogP contribution in [0.4, 0.5) is 11.5 Å².